The summed E-state index contributed by atoms with van der Waals surface area (Å²) in [5, 5.41) is 0. The Balaban J connectivity index is 2.47. The first kappa shape index (κ1) is 10.5. The second kappa shape index (κ2) is 4.61. The molecule has 0 bridgehead atoms. The summed E-state index contributed by atoms with van der Waals surface area (Å²) in [6.45, 7) is 11.8. The molecule has 1 fully saturated rings. The van der Waals surface area contributed by atoms with E-state index < -0.39 is 0 Å². The highest BCUT2D eigenvalue weighted by molar-refractivity contribution is 5.16. The van der Waals surface area contributed by atoms with Gasteiger partial charge in [0.25, 0.3) is 0 Å². The highest BCUT2D eigenvalue weighted by Gasteiger charge is 2.26. The molecular weight excluding hydrogens is 158 g/mol. The SMILES string of the molecule is C=C(/C=C\C)CN1C(C)CCC1C. The molecule has 13 heavy (non-hydrogen) atoms. The maximum atomic E-state index is 4.05. The Morgan fingerprint density at radius 1 is 1.38 bits per heavy atom. The van der Waals surface area contributed by atoms with Crippen LogP contribution < -0.4 is 0 Å². The Hall–Kier alpha value is -0.560. The minimum Gasteiger partial charge on any atom is -0.294 e. The molecule has 0 aromatic carbocycles. The van der Waals surface area contributed by atoms with E-state index in [1.54, 1.807) is 0 Å². The summed E-state index contributed by atoms with van der Waals surface area (Å²) >= 11 is 0. The molecule has 1 aliphatic heterocycles. The lowest BCUT2D eigenvalue weighted by Crippen LogP contribution is -2.33. The molecule has 2 atom stereocenters. The Morgan fingerprint density at radius 2 is 1.92 bits per heavy atom. The number of rotatable bonds is 3. The Labute approximate surface area is 82.1 Å². The molecule has 0 N–H and O–H groups in total. The third-order valence-electron chi connectivity index (χ3n) is 2.92. The minimum atomic E-state index is 0.733. The first-order valence-corrected chi connectivity index (χ1v) is 5.21. The van der Waals surface area contributed by atoms with Crippen molar-refractivity contribution in [3.63, 3.8) is 0 Å². The highest BCUT2D eigenvalue weighted by atomic mass is 15.2. The Kier molecular flexibility index (Phi) is 3.73. The quantitative estimate of drug-likeness (QED) is 0.602. The van der Waals surface area contributed by atoms with Gasteiger partial charge in [-0.2, -0.15) is 0 Å². The zero-order valence-corrected chi connectivity index (χ0v) is 9.09. The third-order valence-corrected chi connectivity index (χ3v) is 2.92. The van der Waals surface area contributed by atoms with E-state index >= 15 is 0 Å². The van der Waals surface area contributed by atoms with Crippen molar-refractivity contribution in [2.75, 3.05) is 6.54 Å². The normalized spacial score (nSPS) is 30.1. The number of nitrogens with zero attached hydrogens (tertiary/aromatic N) is 1. The van der Waals surface area contributed by atoms with Gasteiger partial charge in [-0.25, -0.2) is 0 Å². The van der Waals surface area contributed by atoms with Crippen LogP contribution in [0, 0.1) is 0 Å². The number of likely N-dealkylation sites (tertiary alicyclic amines) is 1. The topological polar surface area (TPSA) is 3.24 Å². The summed E-state index contributed by atoms with van der Waals surface area (Å²) in [6, 6.07) is 1.47. The molecule has 0 saturated carbocycles. The van der Waals surface area contributed by atoms with E-state index in [1.165, 1.54) is 18.4 Å². The molecule has 0 radical (unpaired) electrons. The van der Waals surface area contributed by atoms with Crippen molar-refractivity contribution >= 4 is 0 Å². The van der Waals surface area contributed by atoms with Crippen molar-refractivity contribution in [3.05, 3.63) is 24.3 Å². The molecular formula is C12H21N. The van der Waals surface area contributed by atoms with E-state index in [9.17, 15) is 0 Å². The monoisotopic (exact) mass is 179 g/mol. The van der Waals surface area contributed by atoms with Gasteiger partial charge in [0.15, 0.2) is 0 Å². The lowest BCUT2D eigenvalue weighted by Gasteiger charge is -2.25. The fraction of sp³-hybridized carbons (Fsp3) is 0.667. The molecule has 1 rings (SSSR count). The van der Waals surface area contributed by atoms with Gasteiger partial charge in [-0.05, 0) is 39.2 Å². The van der Waals surface area contributed by atoms with Gasteiger partial charge in [-0.1, -0.05) is 18.7 Å². The van der Waals surface area contributed by atoms with Crippen molar-refractivity contribution in [1.29, 1.82) is 0 Å². The molecule has 1 heterocycles. The summed E-state index contributed by atoms with van der Waals surface area (Å²) in [5.74, 6) is 0. The lowest BCUT2D eigenvalue weighted by atomic mass is 10.2. The molecule has 0 aromatic rings. The molecule has 74 valence electrons. The van der Waals surface area contributed by atoms with E-state index in [0.29, 0.717) is 0 Å². The van der Waals surface area contributed by atoms with Crippen LogP contribution in [0.5, 0.6) is 0 Å². The van der Waals surface area contributed by atoms with Crippen LogP contribution in [0.3, 0.4) is 0 Å². The molecule has 1 aliphatic rings. The molecule has 0 amide bonds. The van der Waals surface area contributed by atoms with E-state index in [4.69, 9.17) is 0 Å². The molecule has 0 spiro atoms. The fourth-order valence-electron chi connectivity index (χ4n) is 2.08. The zero-order chi connectivity index (χ0) is 9.84. The van der Waals surface area contributed by atoms with E-state index in [0.717, 1.165) is 18.6 Å². The van der Waals surface area contributed by atoms with Crippen molar-refractivity contribution < 1.29 is 0 Å². The van der Waals surface area contributed by atoms with Crippen LogP contribution in [0.2, 0.25) is 0 Å². The van der Waals surface area contributed by atoms with Crippen molar-refractivity contribution in [2.45, 2.75) is 45.7 Å². The standard InChI is InChI=1S/C12H21N/c1-5-6-10(2)9-13-11(3)7-8-12(13)4/h5-6,11-12H,2,7-9H2,1,3-4H3/b6-5-. The van der Waals surface area contributed by atoms with Gasteiger partial charge in [-0.15, -0.1) is 0 Å². The van der Waals surface area contributed by atoms with Crippen LogP contribution in [0.4, 0.5) is 0 Å². The Morgan fingerprint density at radius 3 is 2.38 bits per heavy atom. The average molecular weight is 179 g/mol. The van der Waals surface area contributed by atoms with Crippen LogP contribution in [0.25, 0.3) is 0 Å². The minimum absolute atomic E-state index is 0.733. The lowest BCUT2D eigenvalue weighted by molar-refractivity contribution is 0.235. The molecule has 1 heteroatoms. The second-order valence-corrected chi connectivity index (χ2v) is 4.11. The molecule has 0 aromatic heterocycles. The van der Waals surface area contributed by atoms with Gasteiger partial charge in [0, 0.05) is 18.6 Å². The highest BCUT2D eigenvalue weighted by Crippen LogP contribution is 2.24. The van der Waals surface area contributed by atoms with Crippen LogP contribution in [0.1, 0.15) is 33.6 Å². The maximum Gasteiger partial charge on any atom is 0.0233 e. The van der Waals surface area contributed by atoms with Crippen LogP contribution >= 0.6 is 0 Å². The van der Waals surface area contributed by atoms with Crippen molar-refractivity contribution in [1.82, 2.24) is 4.90 Å². The van der Waals surface area contributed by atoms with Gasteiger partial charge in [-0.3, -0.25) is 4.90 Å². The predicted molar refractivity (Wildman–Crippen MR) is 58.8 cm³/mol. The van der Waals surface area contributed by atoms with Crippen molar-refractivity contribution in [2.24, 2.45) is 0 Å². The molecule has 1 saturated heterocycles. The largest absolute Gasteiger partial charge is 0.294 e. The van der Waals surface area contributed by atoms with Crippen LogP contribution in [-0.4, -0.2) is 23.5 Å². The summed E-state index contributed by atoms with van der Waals surface area (Å²) in [4.78, 5) is 2.54. The van der Waals surface area contributed by atoms with Gasteiger partial charge >= 0.3 is 0 Å². The summed E-state index contributed by atoms with van der Waals surface area (Å²) in [7, 11) is 0. The summed E-state index contributed by atoms with van der Waals surface area (Å²) < 4.78 is 0. The smallest absolute Gasteiger partial charge is 0.0233 e. The number of allylic oxidation sites excluding steroid dienone is 1. The van der Waals surface area contributed by atoms with Crippen molar-refractivity contribution in [3.8, 4) is 0 Å². The Bertz CT molecular complexity index is 195. The van der Waals surface area contributed by atoms with E-state index in [-0.39, 0.29) is 0 Å². The van der Waals surface area contributed by atoms with Gasteiger partial charge in [0.05, 0.1) is 0 Å². The van der Waals surface area contributed by atoms with E-state index in [2.05, 4.69) is 37.5 Å². The third kappa shape index (κ3) is 2.70. The predicted octanol–water partition coefficient (Wildman–Crippen LogP) is 2.99. The van der Waals surface area contributed by atoms with E-state index in [1.807, 2.05) is 6.92 Å². The number of hydrogen-bond acceptors (Lipinski definition) is 1. The first-order valence-electron chi connectivity index (χ1n) is 5.21. The molecule has 0 aliphatic carbocycles. The molecule has 1 nitrogen and oxygen atoms in total. The van der Waals surface area contributed by atoms with Gasteiger partial charge in [0.1, 0.15) is 0 Å². The average Bonchev–Trinajstić information content (AvgIpc) is 2.36. The summed E-state index contributed by atoms with van der Waals surface area (Å²) in [6.07, 6.45) is 6.85. The zero-order valence-electron chi connectivity index (χ0n) is 9.09. The van der Waals surface area contributed by atoms with Crippen LogP contribution in [-0.2, 0) is 0 Å². The second-order valence-electron chi connectivity index (χ2n) is 4.11. The van der Waals surface area contributed by atoms with Gasteiger partial charge < -0.3 is 0 Å². The number of hydrogen-bond donors (Lipinski definition) is 0. The summed E-state index contributed by atoms with van der Waals surface area (Å²) in [5.41, 5.74) is 1.23. The van der Waals surface area contributed by atoms with Gasteiger partial charge in [0.2, 0.25) is 0 Å². The molecule has 2 unspecified atom stereocenters. The first-order chi connectivity index (χ1) is 6.15. The fourth-order valence-corrected chi connectivity index (χ4v) is 2.08. The maximum absolute atomic E-state index is 4.05. The van der Waals surface area contributed by atoms with Crippen LogP contribution in [0.15, 0.2) is 24.3 Å².